The minimum Gasteiger partial charge on any atom is -0.371 e. The van der Waals surface area contributed by atoms with Crippen molar-refractivity contribution in [3.63, 3.8) is 0 Å². The van der Waals surface area contributed by atoms with Crippen LogP contribution in [0.2, 0.25) is 10.0 Å². The molecule has 6 nitrogen and oxygen atoms in total. The molecule has 0 radical (unpaired) electrons. The summed E-state index contributed by atoms with van der Waals surface area (Å²) < 4.78 is 81.2. The SMILES string of the molecule is CC(C)(C)C(=O)NCc1ccc(Cl)c(Nc2nc3cc(N4CCC(C(F)(F)F)CC4)c(C(F)(F)F)cc3[nH]2)c1Cl. The molecule has 1 amide bonds. The van der Waals surface area contributed by atoms with Gasteiger partial charge in [-0.25, -0.2) is 4.98 Å². The zero-order valence-electron chi connectivity index (χ0n) is 21.7. The van der Waals surface area contributed by atoms with Gasteiger partial charge in [0.1, 0.15) is 0 Å². The van der Waals surface area contributed by atoms with E-state index in [0.29, 0.717) is 5.56 Å². The first-order valence-corrected chi connectivity index (χ1v) is 13.2. The van der Waals surface area contributed by atoms with Crippen molar-refractivity contribution in [3.8, 4) is 0 Å². The van der Waals surface area contributed by atoms with E-state index in [4.69, 9.17) is 23.2 Å². The van der Waals surface area contributed by atoms with Crippen molar-refractivity contribution in [3.05, 3.63) is 45.4 Å². The zero-order valence-corrected chi connectivity index (χ0v) is 23.3. The molecule has 218 valence electrons. The minimum atomic E-state index is -4.75. The topological polar surface area (TPSA) is 73.1 Å². The third-order valence-electron chi connectivity index (χ3n) is 6.74. The number of halogens is 8. The summed E-state index contributed by atoms with van der Waals surface area (Å²) in [5, 5.41) is 6.09. The van der Waals surface area contributed by atoms with Gasteiger partial charge in [-0.1, -0.05) is 50.0 Å². The van der Waals surface area contributed by atoms with Crippen LogP contribution in [0, 0.1) is 11.3 Å². The number of carbonyl (C=O) groups is 1. The van der Waals surface area contributed by atoms with E-state index in [2.05, 4.69) is 20.6 Å². The molecular formula is C26H27Cl2F6N5O. The van der Waals surface area contributed by atoms with Crippen molar-refractivity contribution in [1.82, 2.24) is 15.3 Å². The molecule has 0 bridgehead atoms. The molecule has 1 aromatic heterocycles. The fraction of sp³-hybridized carbons (Fsp3) is 0.462. The summed E-state index contributed by atoms with van der Waals surface area (Å²) in [6.07, 6.45) is -9.73. The highest BCUT2D eigenvalue weighted by Gasteiger charge is 2.42. The predicted molar refractivity (Wildman–Crippen MR) is 143 cm³/mol. The van der Waals surface area contributed by atoms with Crippen LogP contribution in [-0.4, -0.2) is 35.1 Å². The van der Waals surface area contributed by atoms with Gasteiger partial charge in [-0.15, -0.1) is 0 Å². The number of H-pyrrole nitrogens is 1. The Balaban J connectivity index is 1.62. The van der Waals surface area contributed by atoms with Gasteiger partial charge in [0.05, 0.1) is 43.9 Å². The molecule has 0 aliphatic carbocycles. The monoisotopic (exact) mass is 609 g/mol. The molecule has 0 atom stereocenters. The Morgan fingerprint density at radius 2 is 1.73 bits per heavy atom. The molecule has 40 heavy (non-hydrogen) atoms. The average Bonchev–Trinajstić information content (AvgIpc) is 3.25. The van der Waals surface area contributed by atoms with Crippen molar-refractivity contribution >= 4 is 57.5 Å². The molecular weight excluding hydrogens is 583 g/mol. The van der Waals surface area contributed by atoms with Crippen molar-refractivity contribution in [1.29, 1.82) is 0 Å². The molecule has 1 aliphatic heterocycles. The van der Waals surface area contributed by atoms with E-state index in [0.717, 1.165) is 6.07 Å². The van der Waals surface area contributed by atoms with Crippen LogP contribution >= 0.6 is 23.2 Å². The summed E-state index contributed by atoms with van der Waals surface area (Å²) in [5.41, 5.74) is -0.813. The number of hydrogen-bond donors (Lipinski definition) is 3. The second-order valence-electron chi connectivity index (χ2n) is 10.7. The smallest absolute Gasteiger partial charge is 0.371 e. The van der Waals surface area contributed by atoms with Crippen LogP contribution in [0.15, 0.2) is 24.3 Å². The number of fused-ring (bicyclic) bond motifs is 1. The standard InChI is InChI=1S/C26H27Cl2F6N5O/c1-24(2,3)22(40)35-12-13-4-5-16(27)21(20(13)28)38-23-36-17-10-15(26(32,33)34)19(11-18(17)37-23)39-8-6-14(7-9-39)25(29,30)31/h4-5,10-11,14H,6-9,12H2,1-3H3,(H,35,40)(H2,36,37,38). The molecule has 3 aromatic rings. The maximum absolute atomic E-state index is 14.0. The van der Waals surface area contributed by atoms with Crippen LogP contribution in [0.3, 0.4) is 0 Å². The first-order valence-electron chi connectivity index (χ1n) is 12.4. The number of nitrogens with zero attached hydrogens (tertiary/aromatic N) is 2. The summed E-state index contributed by atoms with van der Waals surface area (Å²) in [6.45, 7) is 5.07. The number of piperidine rings is 1. The van der Waals surface area contributed by atoms with Crippen LogP contribution in [0.4, 0.5) is 43.7 Å². The molecule has 1 saturated heterocycles. The quantitative estimate of drug-likeness (QED) is 0.256. The molecule has 0 unspecified atom stereocenters. The van der Waals surface area contributed by atoms with Crippen LogP contribution in [0.1, 0.15) is 44.7 Å². The first kappa shape index (κ1) is 30.1. The maximum atomic E-state index is 14.0. The summed E-state index contributed by atoms with van der Waals surface area (Å²) in [5.74, 6) is -1.69. The van der Waals surface area contributed by atoms with Gasteiger partial charge < -0.3 is 20.5 Å². The van der Waals surface area contributed by atoms with Crippen LogP contribution in [-0.2, 0) is 17.5 Å². The molecule has 1 aliphatic rings. The number of amides is 1. The normalized spacial score (nSPS) is 15.5. The lowest BCUT2D eigenvalue weighted by Crippen LogP contribution is -2.39. The molecule has 1 fully saturated rings. The van der Waals surface area contributed by atoms with Gasteiger partial charge in [-0.2, -0.15) is 26.3 Å². The fourth-order valence-electron chi connectivity index (χ4n) is 4.45. The van der Waals surface area contributed by atoms with Crippen molar-refractivity contribution in [2.24, 2.45) is 11.3 Å². The van der Waals surface area contributed by atoms with Gasteiger partial charge >= 0.3 is 12.4 Å². The summed E-state index contributed by atoms with van der Waals surface area (Å²) in [4.78, 5) is 20.7. The predicted octanol–water partition coefficient (Wildman–Crippen LogP) is 8.07. The fourth-order valence-corrected chi connectivity index (χ4v) is 4.98. The highest BCUT2D eigenvalue weighted by molar-refractivity contribution is 6.39. The lowest BCUT2D eigenvalue weighted by Gasteiger charge is -2.35. The Bertz CT molecular complexity index is 1410. The number of carbonyl (C=O) groups excluding carboxylic acids is 1. The maximum Gasteiger partial charge on any atom is 0.418 e. The second-order valence-corrected chi connectivity index (χ2v) is 11.5. The van der Waals surface area contributed by atoms with Gasteiger partial charge in [-0.05, 0) is 36.6 Å². The summed E-state index contributed by atoms with van der Waals surface area (Å²) in [6, 6.07) is 5.30. The van der Waals surface area contributed by atoms with Crippen LogP contribution in [0.25, 0.3) is 11.0 Å². The second kappa shape index (κ2) is 10.8. The Morgan fingerprint density at radius 1 is 1.07 bits per heavy atom. The number of anilines is 3. The number of aromatic nitrogens is 2. The Labute approximate surface area is 236 Å². The van der Waals surface area contributed by atoms with Crippen molar-refractivity contribution in [2.75, 3.05) is 23.3 Å². The summed E-state index contributed by atoms with van der Waals surface area (Å²) in [7, 11) is 0. The molecule has 2 heterocycles. The third-order valence-corrected chi connectivity index (χ3v) is 7.49. The van der Waals surface area contributed by atoms with E-state index in [1.54, 1.807) is 32.9 Å². The van der Waals surface area contributed by atoms with Crippen molar-refractivity contribution < 1.29 is 31.1 Å². The summed E-state index contributed by atoms with van der Waals surface area (Å²) >= 11 is 12.9. The van der Waals surface area contributed by atoms with Gasteiger partial charge in [-0.3, -0.25) is 4.79 Å². The van der Waals surface area contributed by atoms with E-state index in [-0.39, 0.29) is 76.8 Å². The molecule has 3 N–H and O–H groups in total. The van der Waals surface area contributed by atoms with E-state index < -0.39 is 29.2 Å². The Kier molecular flexibility index (Phi) is 8.16. The number of nitrogens with one attached hydrogen (secondary N) is 3. The number of hydrogen-bond acceptors (Lipinski definition) is 4. The Hall–Kier alpha value is -2.86. The van der Waals surface area contributed by atoms with Crippen LogP contribution < -0.4 is 15.5 Å². The average molecular weight is 610 g/mol. The van der Waals surface area contributed by atoms with E-state index >= 15 is 0 Å². The van der Waals surface area contributed by atoms with E-state index in [9.17, 15) is 31.1 Å². The van der Waals surface area contributed by atoms with Gasteiger partial charge in [0.15, 0.2) is 0 Å². The van der Waals surface area contributed by atoms with Gasteiger partial charge in [0, 0.05) is 25.0 Å². The lowest BCUT2D eigenvalue weighted by molar-refractivity contribution is -0.179. The molecule has 14 heteroatoms. The number of benzene rings is 2. The third kappa shape index (κ3) is 6.54. The molecule has 2 aromatic carbocycles. The highest BCUT2D eigenvalue weighted by Crippen LogP contribution is 2.42. The minimum absolute atomic E-state index is 0.0516. The zero-order chi connectivity index (χ0) is 29.6. The molecule has 0 spiro atoms. The molecule has 4 rings (SSSR count). The number of rotatable bonds is 5. The largest absolute Gasteiger partial charge is 0.418 e. The number of aromatic amines is 1. The lowest BCUT2D eigenvalue weighted by atomic mass is 9.95. The van der Waals surface area contributed by atoms with E-state index in [1.807, 2.05) is 0 Å². The Morgan fingerprint density at radius 3 is 2.30 bits per heavy atom. The van der Waals surface area contributed by atoms with Gasteiger partial charge in [0.25, 0.3) is 0 Å². The van der Waals surface area contributed by atoms with E-state index in [1.165, 1.54) is 11.0 Å². The number of imidazole rings is 1. The van der Waals surface area contributed by atoms with Gasteiger partial charge in [0.2, 0.25) is 11.9 Å². The highest BCUT2D eigenvalue weighted by atomic mass is 35.5. The molecule has 0 saturated carbocycles. The van der Waals surface area contributed by atoms with Crippen LogP contribution in [0.5, 0.6) is 0 Å². The first-order chi connectivity index (χ1) is 18.4. The number of alkyl halides is 6. The van der Waals surface area contributed by atoms with Crippen molar-refractivity contribution in [2.45, 2.75) is 52.5 Å².